The lowest BCUT2D eigenvalue weighted by Gasteiger charge is -2.18. The highest BCUT2D eigenvalue weighted by atomic mass is 35.5. The van der Waals surface area contributed by atoms with Crippen LogP contribution in [0.1, 0.15) is 27.2 Å². The number of halogens is 1. The van der Waals surface area contributed by atoms with E-state index in [2.05, 4.69) is 37.9 Å². The molecule has 1 nitrogen and oxygen atoms in total. The highest BCUT2D eigenvalue weighted by molar-refractivity contribution is 6.65. The van der Waals surface area contributed by atoms with E-state index in [-0.39, 0.29) is 5.41 Å². The van der Waals surface area contributed by atoms with Gasteiger partial charge in [-0.3, -0.25) is 0 Å². The molecular weight excluding hydrogens is 170 g/mol. The van der Waals surface area contributed by atoms with Gasteiger partial charge in [0.15, 0.2) is 0 Å². The minimum Gasteiger partial charge on any atom is -0.248 e. The molecule has 0 fully saturated rings. The van der Waals surface area contributed by atoms with Crippen molar-refractivity contribution in [1.29, 1.82) is 0 Å². The van der Waals surface area contributed by atoms with Crippen LogP contribution in [0.5, 0.6) is 0 Å². The van der Waals surface area contributed by atoms with Gasteiger partial charge in [0.25, 0.3) is 0 Å². The molecule has 0 amide bonds. The monoisotopic (exact) mass is 183 g/mol. The van der Waals surface area contributed by atoms with Crippen LogP contribution in [0.3, 0.4) is 0 Å². The van der Waals surface area contributed by atoms with Crippen molar-refractivity contribution in [3.8, 4) is 0 Å². The molecule has 0 saturated carbocycles. The average molecular weight is 184 g/mol. The van der Waals surface area contributed by atoms with Gasteiger partial charge in [0.05, 0.1) is 0 Å². The second kappa shape index (κ2) is 3.44. The molecule has 0 aromatic rings. The Morgan fingerprint density at radius 3 is 2.67 bits per heavy atom. The van der Waals surface area contributed by atoms with Gasteiger partial charge in [-0.2, -0.15) is 0 Å². The van der Waals surface area contributed by atoms with Crippen LogP contribution in [0.25, 0.3) is 0 Å². The number of hydrogen-bond acceptors (Lipinski definition) is 1. The normalized spacial score (nSPS) is 18.3. The lowest BCUT2D eigenvalue weighted by molar-refractivity contribution is 0.516. The molecule has 0 radical (unpaired) electrons. The number of nitrogens with zero attached hydrogens (tertiary/aromatic N) is 1. The van der Waals surface area contributed by atoms with Crippen molar-refractivity contribution in [2.45, 2.75) is 27.2 Å². The Morgan fingerprint density at radius 1 is 1.42 bits per heavy atom. The Kier molecular flexibility index (Phi) is 2.73. The third kappa shape index (κ3) is 2.49. The van der Waals surface area contributed by atoms with Crippen molar-refractivity contribution < 1.29 is 0 Å². The molecule has 0 spiro atoms. The molecule has 0 bridgehead atoms. The van der Waals surface area contributed by atoms with E-state index in [9.17, 15) is 0 Å². The van der Waals surface area contributed by atoms with Crippen LogP contribution in [0.2, 0.25) is 0 Å². The maximum atomic E-state index is 5.79. The van der Waals surface area contributed by atoms with Gasteiger partial charge in [0.1, 0.15) is 5.17 Å². The fraction of sp³-hybridized carbons (Fsp3) is 0.500. The Labute approximate surface area is 78.8 Å². The lowest BCUT2D eigenvalue weighted by Crippen LogP contribution is -2.06. The van der Waals surface area contributed by atoms with Gasteiger partial charge < -0.3 is 0 Å². The summed E-state index contributed by atoms with van der Waals surface area (Å²) in [6.07, 6.45) is 6.75. The molecule has 0 unspecified atom stereocenters. The van der Waals surface area contributed by atoms with Gasteiger partial charge in [0.2, 0.25) is 0 Å². The maximum Gasteiger partial charge on any atom is 0.110 e. The zero-order valence-corrected chi connectivity index (χ0v) is 8.52. The summed E-state index contributed by atoms with van der Waals surface area (Å²) in [6, 6.07) is 0. The van der Waals surface area contributed by atoms with Gasteiger partial charge in [-0.15, -0.1) is 0 Å². The van der Waals surface area contributed by atoms with Crippen LogP contribution in [0, 0.1) is 5.41 Å². The van der Waals surface area contributed by atoms with E-state index in [1.165, 1.54) is 5.57 Å². The SMILES string of the molecule is CC(C)(C)C1=CN=C(Cl)CC=C1. The predicted octanol–water partition coefficient (Wildman–Crippen LogP) is 3.51. The van der Waals surface area contributed by atoms with Crippen LogP contribution in [-0.2, 0) is 0 Å². The van der Waals surface area contributed by atoms with Crippen LogP contribution >= 0.6 is 11.6 Å². The van der Waals surface area contributed by atoms with E-state index < -0.39 is 0 Å². The number of rotatable bonds is 0. The number of allylic oxidation sites excluding steroid dienone is 3. The van der Waals surface area contributed by atoms with E-state index >= 15 is 0 Å². The molecular formula is C10H14ClN. The van der Waals surface area contributed by atoms with E-state index in [4.69, 9.17) is 11.6 Å². The smallest absolute Gasteiger partial charge is 0.110 e. The van der Waals surface area contributed by atoms with Crippen molar-refractivity contribution in [1.82, 2.24) is 0 Å². The first-order chi connectivity index (χ1) is 5.50. The van der Waals surface area contributed by atoms with Crippen molar-refractivity contribution in [3.05, 3.63) is 23.9 Å². The van der Waals surface area contributed by atoms with Crippen LogP contribution in [0.4, 0.5) is 0 Å². The summed E-state index contributed by atoms with van der Waals surface area (Å²) in [4.78, 5) is 4.13. The third-order valence-electron chi connectivity index (χ3n) is 1.79. The van der Waals surface area contributed by atoms with Gasteiger partial charge in [0, 0.05) is 12.6 Å². The molecule has 12 heavy (non-hydrogen) atoms. The van der Waals surface area contributed by atoms with Crippen molar-refractivity contribution >= 4 is 16.8 Å². The molecule has 1 heterocycles. The van der Waals surface area contributed by atoms with Gasteiger partial charge >= 0.3 is 0 Å². The molecule has 0 aromatic heterocycles. The summed E-state index contributed by atoms with van der Waals surface area (Å²) in [5.41, 5.74) is 1.37. The number of hydrogen-bond donors (Lipinski definition) is 0. The van der Waals surface area contributed by atoms with E-state index in [1.807, 2.05) is 6.20 Å². The second-order valence-electron chi connectivity index (χ2n) is 3.95. The first-order valence-corrected chi connectivity index (χ1v) is 4.47. The summed E-state index contributed by atoms with van der Waals surface area (Å²) in [5, 5.41) is 0.658. The lowest BCUT2D eigenvalue weighted by atomic mass is 9.87. The Hall–Kier alpha value is -0.560. The topological polar surface area (TPSA) is 12.4 Å². The third-order valence-corrected chi connectivity index (χ3v) is 2.05. The largest absolute Gasteiger partial charge is 0.248 e. The molecule has 0 N–H and O–H groups in total. The molecule has 0 atom stereocenters. The molecule has 1 rings (SSSR count). The molecule has 0 aromatic carbocycles. The molecule has 1 aliphatic heterocycles. The predicted molar refractivity (Wildman–Crippen MR) is 54.6 cm³/mol. The number of aliphatic imine (C=N–C) groups is 1. The zero-order valence-electron chi connectivity index (χ0n) is 7.76. The molecule has 2 heteroatoms. The highest BCUT2D eigenvalue weighted by Crippen LogP contribution is 2.27. The minimum atomic E-state index is 0.154. The molecule has 1 aliphatic rings. The van der Waals surface area contributed by atoms with Crippen molar-refractivity contribution in [2.24, 2.45) is 10.4 Å². The van der Waals surface area contributed by atoms with E-state index in [0.717, 1.165) is 6.42 Å². The maximum absolute atomic E-state index is 5.79. The molecule has 66 valence electrons. The van der Waals surface area contributed by atoms with Crippen LogP contribution < -0.4 is 0 Å². The zero-order chi connectivity index (χ0) is 9.19. The first kappa shape index (κ1) is 9.53. The van der Waals surface area contributed by atoms with E-state index in [1.54, 1.807) is 0 Å². The van der Waals surface area contributed by atoms with E-state index in [0.29, 0.717) is 5.17 Å². The standard InChI is InChI=1S/C10H14ClN/c1-10(2,3)8-5-4-6-9(11)12-7-8/h4-5,7H,6H2,1-3H3. The average Bonchev–Trinajstić information content (AvgIpc) is 2.11. The first-order valence-electron chi connectivity index (χ1n) is 4.09. The summed E-state index contributed by atoms with van der Waals surface area (Å²) in [7, 11) is 0. The van der Waals surface area contributed by atoms with Gasteiger partial charge in [-0.05, 0) is 11.0 Å². The fourth-order valence-corrected chi connectivity index (χ4v) is 1.10. The summed E-state index contributed by atoms with van der Waals surface area (Å²) in [5.74, 6) is 0. The Bertz CT molecular complexity index is 254. The molecule has 0 aliphatic carbocycles. The van der Waals surface area contributed by atoms with Gasteiger partial charge in [-0.1, -0.05) is 44.5 Å². The molecule has 0 saturated heterocycles. The Morgan fingerprint density at radius 2 is 2.08 bits per heavy atom. The quantitative estimate of drug-likeness (QED) is 0.545. The van der Waals surface area contributed by atoms with Crippen LogP contribution in [0.15, 0.2) is 28.9 Å². The van der Waals surface area contributed by atoms with Gasteiger partial charge in [-0.25, -0.2) is 4.99 Å². The summed E-state index contributed by atoms with van der Waals surface area (Å²) < 4.78 is 0. The second-order valence-corrected chi connectivity index (χ2v) is 4.38. The fourth-order valence-electron chi connectivity index (χ4n) is 0.962. The van der Waals surface area contributed by atoms with Crippen molar-refractivity contribution in [2.75, 3.05) is 0 Å². The Balaban J connectivity index is 2.92. The minimum absolute atomic E-state index is 0.154. The van der Waals surface area contributed by atoms with Crippen molar-refractivity contribution in [3.63, 3.8) is 0 Å². The summed E-state index contributed by atoms with van der Waals surface area (Å²) in [6.45, 7) is 6.49. The van der Waals surface area contributed by atoms with Crippen LogP contribution in [-0.4, -0.2) is 5.17 Å². The summed E-state index contributed by atoms with van der Waals surface area (Å²) >= 11 is 5.79. The highest BCUT2D eigenvalue weighted by Gasteiger charge is 2.15.